The molecule has 0 atom stereocenters. The van der Waals surface area contributed by atoms with Gasteiger partial charge in [-0.05, 0) is 18.1 Å². The Kier molecular flexibility index (Phi) is 3.70. The van der Waals surface area contributed by atoms with Crippen LogP contribution in [0.2, 0.25) is 0 Å². The Morgan fingerprint density at radius 1 is 1.62 bits per heavy atom. The van der Waals surface area contributed by atoms with E-state index in [0.29, 0.717) is 5.82 Å². The van der Waals surface area contributed by atoms with Gasteiger partial charge in [0.05, 0.1) is 0 Å². The molecule has 0 spiro atoms. The standard InChI is InChI=1S/C8H9BrN2O2/c9-4-3-6-1-2-7(10-5-6)11-8(12)13/h1-2,5H,3-4H2,(H,10,11)(H,12,13). The van der Waals surface area contributed by atoms with Crippen molar-refractivity contribution >= 4 is 27.8 Å². The van der Waals surface area contributed by atoms with Crippen molar-refractivity contribution in [3.63, 3.8) is 0 Å². The number of carboxylic acid groups (broad SMARTS) is 1. The summed E-state index contributed by atoms with van der Waals surface area (Å²) in [7, 11) is 0. The molecule has 1 heterocycles. The van der Waals surface area contributed by atoms with Crippen molar-refractivity contribution in [3.05, 3.63) is 23.9 Å². The van der Waals surface area contributed by atoms with Crippen molar-refractivity contribution in [3.8, 4) is 0 Å². The number of hydrogen-bond acceptors (Lipinski definition) is 2. The van der Waals surface area contributed by atoms with Gasteiger partial charge in [-0.3, -0.25) is 5.32 Å². The topological polar surface area (TPSA) is 62.2 Å². The molecule has 0 aliphatic carbocycles. The van der Waals surface area contributed by atoms with Gasteiger partial charge in [0.2, 0.25) is 0 Å². The van der Waals surface area contributed by atoms with Crippen molar-refractivity contribution in [1.82, 2.24) is 4.98 Å². The molecule has 1 aromatic rings. The summed E-state index contributed by atoms with van der Waals surface area (Å²) in [4.78, 5) is 14.1. The Labute approximate surface area is 84.1 Å². The van der Waals surface area contributed by atoms with Gasteiger partial charge < -0.3 is 5.11 Å². The molecule has 0 saturated heterocycles. The zero-order chi connectivity index (χ0) is 9.68. The Balaban J connectivity index is 2.64. The first-order chi connectivity index (χ1) is 6.22. The fourth-order valence-corrected chi connectivity index (χ4v) is 1.32. The Hall–Kier alpha value is -1.10. The Morgan fingerprint density at radius 2 is 2.38 bits per heavy atom. The number of aromatic nitrogens is 1. The van der Waals surface area contributed by atoms with E-state index in [0.717, 1.165) is 17.3 Å². The maximum Gasteiger partial charge on any atom is 0.410 e. The maximum absolute atomic E-state index is 10.2. The molecule has 0 bridgehead atoms. The summed E-state index contributed by atoms with van der Waals surface area (Å²) in [6.45, 7) is 0. The molecule has 0 aliphatic rings. The van der Waals surface area contributed by atoms with E-state index >= 15 is 0 Å². The van der Waals surface area contributed by atoms with E-state index in [9.17, 15) is 4.79 Å². The minimum atomic E-state index is -1.10. The average Bonchev–Trinajstić information content (AvgIpc) is 2.08. The third-order valence-electron chi connectivity index (χ3n) is 1.44. The van der Waals surface area contributed by atoms with Gasteiger partial charge in [0.1, 0.15) is 5.82 Å². The monoisotopic (exact) mass is 244 g/mol. The highest BCUT2D eigenvalue weighted by Gasteiger charge is 1.98. The van der Waals surface area contributed by atoms with Crippen LogP contribution in [-0.4, -0.2) is 21.5 Å². The third kappa shape index (κ3) is 3.42. The number of carbonyl (C=O) groups is 1. The molecule has 13 heavy (non-hydrogen) atoms. The highest BCUT2D eigenvalue weighted by Crippen LogP contribution is 2.06. The summed E-state index contributed by atoms with van der Waals surface area (Å²) < 4.78 is 0. The molecular formula is C8H9BrN2O2. The van der Waals surface area contributed by atoms with Crippen LogP contribution >= 0.6 is 15.9 Å². The molecule has 0 fully saturated rings. The van der Waals surface area contributed by atoms with Gasteiger partial charge in [-0.15, -0.1) is 0 Å². The largest absolute Gasteiger partial charge is 0.465 e. The van der Waals surface area contributed by atoms with E-state index in [1.165, 1.54) is 0 Å². The van der Waals surface area contributed by atoms with Crippen LogP contribution in [0.15, 0.2) is 18.3 Å². The Morgan fingerprint density at radius 3 is 2.85 bits per heavy atom. The van der Waals surface area contributed by atoms with Crippen LogP contribution in [-0.2, 0) is 6.42 Å². The minimum Gasteiger partial charge on any atom is -0.465 e. The van der Waals surface area contributed by atoms with Crippen LogP contribution < -0.4 is 5.32 Å². The van der Waals surface area contributed by atoms with E-state index in [4.69, 9.17) is 5.11 Å². The van der Waals surface area contributed by atoms with Crippen molar-refractivity contribution < 1.29 is 9.90 Å². The highest BCUT2D eigenvalue weighted by molar-refractivity contribution is 9.09. The predicted octanol–water partition coefficient (Wildman–Crippen LogP) is 2.11. The summed E-state index contributed by atoms with van der Waals surface area (Å²) in [6.07, 6.45) is 1.45. The molecule has 0 saturated carbocycles. The molecule has 0 radical (unpaired) electrons. The Bertz CT molecular complexity index is 287. The molecule has 4 nitrogen and oxygen atoms in total. The number of hydrogen-bond donors (Lipinski definition) is 2. The second kappa shape index (κ2) is 4.81. The van der Waals surface area contributed by atoms with Crippen LogP contribution in [0.25, 0.3) is 0 Å². The summed E-state index contributed by atoms with van der Waals surface area (Å²) in [5, 5.41) is 11.4. The first kappa shape index (κ1) is 9.98. The molecule has 1 aromatic heterocycles. The van der Waals surface area contributed by atoms with Crippen LogP contribution in [0.5, 0.6) is 0 Å². The summed E-state index contributed by atoms with van der Waals surface area (Å²) in [5.41, 5.74) is 1.08. The number of amides is 1. The van der Waals surface area contributed by atoms with Crippen LogP contribution in [0, 0.1) is 0 Å². The zero-order valence-corrected chi connectivity index (χ0v) is 8.41. The number of nitrogens with zero attached hydrogens (tertiary/aromatic N) is 1. The first-order valence-electron chi connectivity index (χ1n) is 3.73. The molecule has 1 amide bonds. The minimum absolute atomic E-state index is 0.353. The molecule has 70 valence electrons. The first-order valence-corrected chi connectivity index (χ1v) is 4.85. The number of aryl methyl sites for hydroxylation is 1. The van der Waals surface area contributed by atoms with Gasteiger partial charge in [0, 0.05) is 11.5 Å². The quantitative estimate of drug-likeness (QED) is 0.801. The second-order valence-corrected chi connectivity index (χ2v) is 3.21. The summed E-state index contributed by atoms with van der Waals surface area (Å²) >= 11 is 3.31. The third-order valence-corrected chi connectivity index (χ3v) is 1.84. The van der Waals surface area contributed by atoms with Crippen molar-refractivity contribution in [2.75, 3.05) is 10.6 Å². The van der Waals surface area contributed by atoms with Gasteiger partial charge in [0.25, 0.3) is 0 Å². The number of anilines is 1. The molecule has 0 aromatic carbocycles. The van der Waals surface area contributed by atoms with E-state index < -0.39 is 6.09 Å². The number of pyridine rings is 1. The zero-order valence-electron chi connectivity index (χ0n) is 6.83. The van der Waals surface area contributed by atoms with Gasteiger partial charge in [-0.1, -0.05) is 22.0 Å². The lowest BCUT2D eigenvalue weighted by Crippen LogP contribution is -2.08. The maximum atomic E-state index is 10.2. The van der Waals surface area contributed by atoms with Crippen molar-refractivity contribution in [2.24, 2.45) is 0 Å². The lowest BCUT2D eigenvalue weighted by atomic mass is 10.2. The van der Waals surface area contributed by atoms with E-state index in [1.54, 1.807) is 12.3 Å². The van der Waals surface area contributed by atoms with Gasteiger partial charge in [-0.25, -0.2) is 9.78 Å². The SMILES string of the molecule is O=C(O)Nc1ccc(CCBr)cn1. The van der Waals surface area contributed by atoms with Crippen LogP contribution in [0.3, 0.4) is 0 Å². The van der Waals surface area contributed by atoms with E-state index in [1.807, 2.05) is 6.07 Å². The molecule has 1 rings (SSSR count). The van der Waals surface area contributed by atoms with Crippen molar-refractivity contribution in [2.45, 2.75) is 6.42 Å². The van der Waals surface area contributed by atoms with Crippen molar-refractivity contribution in [1.29, 1.82) is 0 Å². The molecule has 5 heteroatoms. The highest BCUT2D eigenvalue weighted by atomic mass is 79.9. The number of alkyl halides is 1. The average molecular weight is 245 g/mol. The number of halogens is 1. The number of nitrogens with one attached hydrogen (secondary N) is 1. The smallest absolute Gasteiger partial charge is 0.410 e. The molecule has 0 unspecified atom stereocenters. The lowest BCUT2D eigenvalue weighted by Gasteiger charge is -2.00. The predicted molar refractivity (Wildman–Crippen MR) is 53.4 cm³/mol. The lowest BCUT2D eigenvalue weighted by molar-refractivity contribution is 0.209. The second-order valence-electron chi connectivity index (χ2n) is 2.42. The van der Waals surface area contributed by atoms with E-state index in [-0.39, 0.29) is 0 Å². The fraction of sp³-hybridized carbons (Fsp3) is 0.250. The molecule has 2 N–H and O–H groups in total. The van der Waals surface area contributed by atoms with Crippen LogP contribution in [0.1, 0.15) is 5.56 Å². The summed E-state index contributed by atoms with van der Waals surface area (Å²) in [5.74, 6) is 0.353. The summed E-state index contributed by atoms with van der Waals surface area (Å²) in [6, 6.07) is 3.49. The molecular weight excluding hydrogens is 236 g/mol. The fourth-order valence-electron chi connectivity index (χ4n) is 0.865. The van der Waals surface area contributed by atoms with E-state index in [2.05, 4.69) is 26.2 Å². The van der Waals surface area contributed by atoms with Crippen LogP contribution in [0.4, 0.5) is 10.6 Å². The van der Waals surface area contributed by atoms with Gasteiger partial charge >= 0.3 is 6.09 Å². The van der Waals surface area contributed by atoms with Gasteiger partial charge in [-0.2, -0.15) is 0 Å². The number of rotatable bonds is 3. The van der Waals surface area contributed by atoms with Gasteiger partial charge in [0.15, 0.2) is 0 Å². The molecule has 0 aliphatic heterocycles. The normalized spacial score (nSPS) is 9.62.